The first-order valence-electron chi connectivity index (χ1n) is 4.35. The molecule has 4 heteroatoms. The van der Waals surface area contributed by atoms with Crippen LogP contribution in [-0.2, 0) is 0 Å². The molecular formula is C11H12N2O2. The SMILES string of the molecule is C#CCN(C)C(=O)Oc1ccc(N)cc1. The molecule has 15 heavy (non-hydrogen) atoms. The minimum absolute atomic E-state index is 0.216. The van der Waals surface area contributed by atoms with Gasteiger partial charge in [-0.2, -0.15) is 0 Å². The zero-order valence-corrected chi connectivity index (χ0v) is 8.43. The molecule has 0 saturated heterocycles. The van der Waals surface area contributed by atoms with E-state index in [4.69, 9.17) is 16.9 Å². The number of nitrogens with zero attached hydrogens (tertiary/aromatic N) is 1. The van der Waals surface area contributed by atoms with Gasteiger partial charge in [-0.05, 0) is 24.3 Å². The van der Waals surface area contributed by atoms with E-state index >= 15 is 0 Å². The third kappa shape index (κ3) is 3.24. The third-order valence-electron chi connectivity index (χ3n) is 1.73. The number of amides is 1. The van der Waals surface area contributed by atoms with Crippen LogP contribution in [0.1, 0.15) is 0 Å². The fourth-order valence-corrected chi connectivity index (χ4v) is 0.916. The van der Waals surface area contributed by atoms with Crippen molar-refractivity contribution in [2.45, 2.75) is 0 Å². The largest absolute Gasteiger partial charge is 0.415 e. The first-order valence-corrected chi connectivity index (χ1v) is 4.35. The summed E-state index contributed by atoms with van der Waals surface area (Å²) in [6.07, 6.45) is 4.58. The van der Waals surface area contributed by atoms with Gasteiger partial charge < -0.3 is 10.5 Å². The Balaban J connectivity index is 2.59. The number of carbonyl (C=O) groups is 1. The molecule has 2 N–H and O–H groups in total. The zero-order valence-electron chi connectivity index (χ0n) is 8.43. The molecule has 78 valence electrons. The molecule has 0 unspecified atom stereocenters. The number of benzene rings is 1. The predicted molar refractivity (Wildman–Crippen MR) is 58.3 cm³/mol. The number of terminal acetylenes is 1. The molecule has 0 aliphatic rings. The molecule has 0 aromatic heterocycles. The maximum atomic E-state index is 11.4. The lowest BCUT2D eigenvalue weighted by Crippen LogP contribution is -2.29. The fraction of sp³-hybridized carbons (Fsp3) is 0.182. The first kappa shape index (κ1) is 10.9. The quantitative estimate of drug-likeness (QED) is 0.584. The fourth-order valence-electron chi connectivity index (χ4n) is 0.916. The Morgan fingerprint density at radius 1 is 1.53 bits per heavy atom. The van der Waals surface area contributed by atoms with Gasteiger partial charge in [0.05, 0.1) is 6.54 Å². The number of carbonyl (C=O) groups excluding carboxylic acids is 1. The molecule has 0 fully saturated rings. The van der Waals surface area contributed by atoms with Crippen LogP contribution >= 0.6 is 0 Å². The molecule has 1 rings (SSSR count). The number of nitrogens with two attached hydrogens (primary N) is 1. The van der Waals surface area contributed by atoms with Crippen LogP contribution < -0.4 is 10.5 Å². The van der Waals surface area contributed by atoms with Crippen LogP contribution in [-0.4, -0.2) is 24.6 Å². The monoisotopic (exact) mass is 204 g/mol. The summed E-state index contributed by atoms with van der Waals surface area (Å²) < 4.78 is 5.02. The van der Waals surface area contributed by atoms with Gasteiger partial charge in [0.15, 0.2) is 0 Å². The Bertz CT molecular complexity index is 379. The second-order valence-corrected chi connectivity index (χ2v) is 3.00. The Morgan fingerprint density at radius 3 is 2.67 bits per heavy atom. The van der Waals surface area contributed by atoms with Crippen LogP contribution in [0.2, 0.25) is 0 Å². The second kappa shape index (κ2) is 4.91. The van der Waals surface area contributed by atoms with E-state index in [1.165, 1.54) is 4.90 Å². The van der Waals surface area contributed by atoms with Crippen LogP contribution in [0.15, 0.2) is 24.3 Å². The highest BCUT2D eigenvalue weighted by molar-refractivity contribution is 5.70. The van der Waals surface area contributed by atoms with E-state index < -0.39 is 6.09 Å². The molecule has 0 bridgehead atoms. The van der Waals surface area contributed by atoms with Crippen LogP contribution in [0.5, 0.6) is 5.75 Å². The van der Waals surface area contributed by atoms with Crippen molar-refractivity contribution in [3.05, 3.63) is 24.3 Å². The number of hydrogen-bond donors (Lipinski definition) is 1. The highest BCUT2D eigenvalue weighted by Crippen LogP contribution is 2.13. The molecule has 0 heterocycles. The molecule has 0 atom stereocenters. The predicted octanol–water partition coefficient (Wildman–Crippen LogP) is 1.33. The van der Waals surface area contributed by atoms with Gasteiger partial charge in [-0.25, -0.2) is 4.79 Å². The number of ether oxygens (including phenoxy) is 1. The minimum Gasteiger partial charge on any atom is -0.410 e. The smallest absolute Gasteiger partial charge is 0.410 e. The first-order chi connectivity index (χ1) is 7.13. The van der Waals surface area contributed by atoms with E-state index in [1.807, 2.05) is 0 Å². The Morgan fingerprint density at radius 2 is 2.13 bits per heavy atom. The van der Waals surface area contributed by atoms with Crippen LogP contribution in [0.3, 0.4) is 0 Å². The van der Waals surface area contributed by atoms with E-state index in [1.54, 1.807) is 31.3 Å². The lowest BCUT2D eigenvalue weighted by atomic mass is 10.3. The van der Waals surface area contributed by atoms with Gasteiger partial charge in [0.2, 0.25) is 0 Å². The van der Waals surface area contributed by atoms with Crippen molar-refractivity contribution in [2.75, 3.05) is 19.3 Å². The van der Waals surface area contributed by atoms with Gasteiger partial charge in [0.25, 0.3) is 0 Å². The van der Waals surface area contributed by atoms with E-state index in [0.29, 0.717) is 11.4 Å². The summed E-state index contributed by atoms with van der Waals surface area (Å²) in [6.45, 7) is 0.216. The number of hydrogen-bond acceptors (Lipinski definition) is 3. The standard InChI is InChI=1S/C11H12N2O2/c1-3-8-13(2)11(14)15-10-6-4-9(12)5-7-10/h1,4-7H,8,12H2,2H3. The van der Waals surface area contributed by atoms with Crippen LogP contribution in [0.4, 0.5) is 10.5 Å². The van der Waals surface area contributed by atoms with Crippen molar-refractivity contribution >= 4 is 11.8 Å². The van der Waals surface area contributed by atoms with Crippen molar-refractivity contribution in [1.82, 2.24) is 4.90 Å². The zero-order chi connectivity index (χ0) is 11.3. The van der Waals surface area contributed by atoms with Gasteiger partial charge in [0, 0.05) is 12.7 Å². The Labute approximate surface area is 88.6 Å². The van der Waals surface area contributed by atoms with Crippen LogP contribution in [0, 0.1) is 12.3 Å². The van der Waals surface area contributed by atoms with Gasteiger partial charge in [0.1, 0.15) is 5.75 Å². The van der Waals surface area contributed by atoms with Crippen molar-refractivity contribution in [3.63, 3.8) is 0 Å². The highest BCUT2D eigenvalue weighted by atomic mass is 16.6. The Kier molecular flexibility index (Phi) is 3.58. The molecule has 0 saturated carbocycles. The average Bonchev–Trinajstić information content (AvgIpc) is 2.22. The molecule has 0 spiro atoms. The summed E-state index contributed by atoms with van der Waals surface area (Å²) in [5.74, 6) is 2.79. The van der Waals surface area contributed by atoms with E-state index in [9.17, 15) is 4.79 Å². The maximum Gasteiger partial charge on any atom is 0.415 e. The average molecular weight is 204 g/mol. The van der Waals surface area contributed by atoms with Gasteiger partial charge in [-0.1, -0.05) is 5.92 Å². The third-order valence-corrected chi connectivity index (χ3v) is 1.73. The van der Waals surface area contributed by atoms with Crippen molar-refractivity contribution in [2.24, 2.45) is 0 Å². The number of nitrogen functional groups attached to an aromatic ring is 1. The molecule has 4 nitrogen and oxygen atoms in total. The number of anilines is 1. The molecule has 1 aromatic carbocycles. The van der Waals surface area contributed by atoms with Gasteiger partial charge in [-0.15, -0.1) is 6.42 Å². The molecule has 0 aliphatic carbocycles. The molecule has 0 aliphatic heterocycles. The van der Waals surface area contributed by atoms with E-state index in [-0.39, 0.29) is 6.54 Å². The molecule has 1 amide bonds. The summed E-state index contributed by atoms with van der Waals surface area (Å²) in [5.41, 5.74) is 6.10. The summed E-state index contributed by atoms with van der Waals surface area (Å²) in [5, 5.41) is 0. The topological polar surface area (TPSA) is 55.6 Å². The lowest BCUT2D eigenvalue weighted by molar-refractivity contribution is 0.168. The minimum atomic E-state index is -0.488. The van der Waals surface area contributed by atoms with Crippen LogP contribution in [0.25, 0.3) is 0 Å². The molecule has 1 aromatic rings. The molecule has 0 radical (unpaired) electrons. The number of rotatable bonds is 2. The summed E-state index contributed by atoms with van der Waals surface area (Å²) in [4.78, 5) is 12.7. The van der Waals surface area contributed by atoms with Gasteiger partial charge >= 0.3 is 6.09 Å². The van der Waals surface area contributed by atoms with E-state index in [2.05, 4.69) is 5.92 Å². The molecular weight excluding hydrogens is 192 g/mol. The summed E-state index contributed by atoms with van der Waals surface area (Å²) >= 11 is 0. The van der Waals surface area contributed by atoms with Gasteiger partial charge in [-0.3, -0.25) is 4.90 Å². The summed E-state index contributed by atoms with van der Waals surface area (Å²) in [7, 11) is 1.57. The van der Waals surface area contributed by atoms with Crippen molar-refractivity contribution < 1.29 is 9.53 Å². The van der Waals surface area contributed by atoms with Crippen molar-refractivity contribution in [3.8, 4) is 18.1 Å². The lowest BCUT2D eigenvalue weighted by Gasteiger charge is -2.13. The second-order valence-electron chi connectivity index (χ2n) is 3.00. The Hall–Kier alpha value is -2.15. The summed E-state index contributed by atoms with van der Waals surface area (Å²) in [6, 6.07) is 6.56. The normalized spacial score (nSPS) is 9.07. The highest BCUT2D eigenvalue weighted by Gasteiger charge is 2.09. The van der Waals surface area contributed by atoms with Crippen molar-refractivity contribution in [1.29, 1.82) is 0 Å². The van der Waals surface area contributed by atoms with E-state index in [0.717, 1.165) is 0 Å². The maximum absolute atomic E-state index is 11.4.